The number of nitrogens with one attached hydrogen (secondary N) is 1. The first kappa shape index (κ1) is 20.6. The summed E-state index contributed by atoms with van der Waals surface area (Å²) >= 11 is 7.58. The molecule has 31 heavy (non-hydrogen) atoms. The number of para-hydroxylation sites is 1. The van der Waals surface area contributed by atoms with Crippen molar-refractivity contribution in [1.82, 2.24) is 9.29 Å². The van der Waals surface area contributed by atoms with Crippen molar-refractivity contribution in [3.8, 4) is 0 Å². The summed E-state index contributed by atoms with van der Waals surface area (Å²) in [5.74, 6) is 0. The van der Waals surface area contributed by atoms with E-state index in [9.17, 15) is 8.42 Å². The lowest BCUT2D eigenvalue weighted by Gasteiger charge is -2.34. The van der Waals surface area contributed by atoms with Gasteiger partial charge in [-0.25, -0.2) is 8.42 Å². The topological polar surface area (TPSA) is 53.2 Å². The number of benzene rings is 3. The van der Waals surface area contributed by atoms with Crippen LogP contribution in [-0.4, -0.2) is 24.3 Å². The standard InChI is InChI=1S/C24H21ClN2O2S2/c1-16-6-12-19(13-7-16)31(28,29)27-15-14-21-20-4-2-3-5-22(20)26-23(21)24(27)30-18-10-8-17(25)9-11-18/h2-13,24,26H,14-15H2,1H3. The molecule has 1 aliphatic rings. The second kappa shape index (κ2) is 8.02. The van der Waals surface area contributed by atoms with Gasteiger partial charge in [0.1, 0.15) is 5.37 Å². The van der Waals surface area contributed by atoms with Crippen molar-refractivity contribution in [1.29, 1.82) is 0 Å². The van der Waals surface area contributed by atoms with E-state index in [1.54, 1.807) is 16.4 Å². The molecule has 1 aromatic heterocycles. The van der Waals surface area contributed by atoms with Crippen LogP contribution < -0.4 is 0 Å². The Morgan fingerprint density at radius 1 is 1.00 bits per heavy atom. The highest BCUT2D eigenvalue weighted by atomic mass is 35.5. The number of aromatic amines is 1. The van der Waals surface area contributed by atoms with Gasteiger partial charge >= 0.3 is 0 Å². The Balaban J connectivity index is 1.63. The van der Waals surface area contributed by atoms with Crippen LogP contribution >= 0.6 is 23.4 Å². The van der Waals surface area contributed by atoms with Crippen molar-refractivity contribution in [3.63, 3.8) is 0 Å². The fourth-order valence-electron chi connectivity index (χ4n) is 4.04. The highest BCUT2D eigenvalue weighted by Gasteiger charge is 2.38. The van der Waals surface area contributed by atoms with Gasteiger partial charge in [-0.15, -0.1) is 0 Å². The van der Waals surface area contributed by atoms with Crippen LogP contribution in [-0.2, 0) is 16.4 Å². The summed E-state index contributed by atoms with van der Waals surface area (Å²) in [5.41, 5.74) is 4.20. The SMILES string of the molecule is Cc1ccc(S(=O)(=O)N2CCc3c([nH]c4ccccc34)C2Sc2ccc(Cl)cc2)cc1. The second-order valence-corrected chi connectivity index (χ2v) is 11.1. The molecule has 0 aliphatic carbocycles. The maximum absolute atomic E-state index is 13.7. The van der Waals surface area contributed by atoms with Crippen molar-refractivity contribution >= 4 is 44.3 Å². The number of thioether (sulfide) groups is 1. The molecule has 4 nitrogen and oxygen atoms in total. The van der Waals surface area contributed by atoms with Crippen LogP contribution in [0.5, 0.6) is 0 Å². The van der Waals surface area contributed by atoms with Gasteiger partial charge in [-0.05, 0) is 61.4 Å². The third-order valence-electron chi connectivity index (χ3n) is 5.63. The monoisotopic (exact) mass is 468 g/mol. The Kier molecular flexibility index (Phi) is 5.34. The summed E-state index contributed by atoms with van der Waals surface area (Å²) in [6, 6.07) is 22.7. The van der Waals surface area contributed by atoms with Crippen molar-refractivity contribution < 1.29 is 8.42 Å². The van der Waals surface area contributed by atoms with Crippen molar-refractivity contribution in [2.45, 2.75) is 28.5 Å². The third-order valence-corrected chi connectivity index (χ3v) is 9.15. The number of halogens is 1. The van der Waals surface area contributed by atoms with Crippen molar-refractivity contribution in [3.05, 3.63) is 94.6 Å². The van der Waals surface area contributed by atoms with Gasteiger partial charge in [0, 0.05) is 33.1 Å². The quantitative estimate of drug-likeness (QED) is 0.389. The lowest BCUT2D eigenvalue weighted by atomic mass is 10.0. The molecule has 0 fully saturated rings. The van der Waals surface area contributed by atoms with Crippen LogP contribution in [0.4, 0.5) is 0 Å². The summed E-state index contributed by atoms with van der Waals surface area (Å²) in [5, 5.41) is 1.42. The van der Waals surface area contributed by atoms with Crippen LogP contribution in [0, 0.1) is 6.92 Å². The number of nitrogens with zero attached hydrogens (tertiary/aromatic N) is 1. The molecule has 0 saturated carbocycles. The molecular formula is C24H21ClN2O2S2. The highest BCUT2D eigenvalue weighted by molar-refractivity contribution is 8.00. The van der Waals surface area contributed by atoms with E-state index in [-0.39, 0.29) is 0 Å². The summed E-state index contributed by atoms with van der Waals surface area (Å²) in [7, 11) is -3.67. The van der Waals surface area contributed by atoms with Gasteiger partial charge in [-0.2, -0.15) is 4.31 Å². The minimum absolute atomic E-state index is 0.319. The number of H-pyrrole nitrogens is 1. The zero-order valence-corrected chi connectivity index (χ0v) is 19.3. The van der Waals surface area contributed by atoms with E-state index in [1.807, 2.05) is 61.5 Å². The molecule has 3 aromatic carbocycles. The number of hydrogen-bond acceptors (Lipinski definition) is 3. The molecule has 0 spiro atoms. The Morgan fingerprint density at radius 3 is 2.45 bits per heavy atom. The second-order valence-electron chi connectivity index (χ2n) is 7.67. The molecule has 2 heterocycles. The predicted octanol–water partition coefficient (Wildman–Crippen LogP) is 6.17. The van der Waals surface area contributed by atoms with Crippen LogP contribution in [0.1, 0.15) is 22.2 Å². The number of fused-ring (bicyclic) bond motifs is 3. The highest BCUT2D eigenvalue weighted by Crippen LogP contribution is 2.46. The Morgan fingerprint density at radius 2 is 1.71 bits per heavy atom. The van der Waals surface area contributed by atoms with Gasteiger partial charge in [0.05, 0.1) is 4.90 Å². The van der Waals surface area contributed by atoms with E-state index in [4.69, 9.17) is 11.6 Å². The fraction of sp³-hybridized carbons (Fsp3) is 0.167. The zero-order chi connectivity index (χ0) is 21.6. The molecule has 0 bridgehead atoms. The smallest absolute Gasteiger partial charge is 0.244 e. The van der Waals surface area contributed by atoms with Crippen molar-refractivity contribution in [2.24, 2.45) is 0 Å². The van der Waals surface area contributed by atoms with E-state index in [2.05, 4.69) is 11.1 Å². The minimum Gasteiger partial charge on any atom is -0.356 e. The molecule has 0 radical (unpaired) electrons. The summed E-state index contributed by atoms with van der Waals surface area (Å²) in [6.45, 7) is 2.38. The molecule has 0 saturated heterocycles. The number of rotatable bonds is 4. The van der Waals surface area contributed by atoms with E-state index >= 15 is 0 Å². The van der Waals surface area contributed by atoms with E-state index < -0.39 is 15.4 Å². The average Bonchev–Trinajstić information content (AvgIpc) is 3.15. The molecule has 5 rings (SSSR count). The zero-order valence-electron chi connectivity index (χ0n) is 16.9. The maximum Gasteiger partial charge on any atom is 0.244 e. The number of hydrogen-bond donors (Lipinski definition) is 1. The predicted molar refractivity (Wildman–Crippen MR) is 127 cm³/mol. The maximum atomic E-state index is 13.7. The van der Waals surface area contributed by atoms with Crippen LogP contribution in [0.3, 0.4) is 0 Å². The molecule has 1 N–H and O–H groups in total. The van der Waals surface area contributed by atoms with Gasteiger partial charge in [0.25, 0.3) is 0 Å². The number of aromatic nitrogens is 1. The van der Waals surface area contributed by atoms with Crippen LogP contribution in [0.15, 0.2) is 82.6 Å². The third kappa shape index (κ3) is 3.78. The minimum atomic E-state index is -3.67. The Bertz CT molecular complexity index is 1350. The van der Waals surface area contributed by atoms with Gasteiger partial charge in [-0.3, -0.25) is 0 Å². The van der Waals surface area contributed by atoms with E-state index in [1.165, 1.54) is 17.3 Å². The van der Waals surface area contributed by atoms with E-state index in [0.29, 0.717) is 22.9 Å². The normalized spacial score (nSPS) is 17.0. The van der Waals surface area contributed by atoms with Gasteiger partial charge < -0.3 is 4.98 Å². The Labute approximate surface area is 191 Å². The van der Waals surface area contributed by atoms with Crippen molar-refractivity contribution in [2.75, 3.05) is 6.54 Å². The lowest BCUT2D eigenvalue weighted by molar-refractivity contribution is 0.380. The molecule has 4 aromatic rings. The Hall–Kier alpha value is -2.25. The molecular weight excluding hydrogens is 448 g/mol. The molecule has 158 valence electrons. The first-order valence-electron chi connectivity index (χ1n) is 10.0. The first-order chi connectivity index (χ1) is 14.9. The average molecular weight is 469 g/mol. The molecule has 1 aliphatic heterocycles. The summed E-state index contributed by atoms with van der Waals surface area (Å²) in [4.78, 5) is 4.79. The molecule has 1 unspecified atom stereocenters. The van der Waals surface area contributed by atoms with E-state index in [0.717, 1.165) is 27.1 Å². The molecule has 7 heteroatoms. The van der Waals surface area contributed by atoms with Gasteiger partial charge in [0.2, 0.25) is 10.0 Å². The lowest BCUT2D eigenvalue weighted by Crippen LogP contribution is -2.38. The number of aryl methyl sites for hydroxylation is 1. The first-order valence-corrected chi connectivity index (χ1v) is 12.7. The molecule has 0 amide bonds. The van der Waals surface area contributed by atoms with Gasteiger partial charge in [0.15, 0.2) is 0 Å². The van der Waals surface area contributed by atoms with Crippen LogP contribution in [0.25, 0.3) is 10.9 Å². The molecule has 1 atom stereocenters. The summed E-state index contributed by atoms with van der Waals surface area (Å²) < 4.78 is 28.9. The fourth-order valence-corrected chi connectivity index (χ4v) is 7.16. The largest absolute Gasteiger partial charge is 0.356 e. The van der Waals surface area contributed by atoms with Gasteiger partial charge in [-0.1, -0.05) is 59.3 Å². The number of sulfonamides is 1. The summed E-state index contributed by atoms with van der Waals surface area (Å²) in [6.07, 6.45) is 0.669. The van der Waals surface area contributed by atoms with Crippen LogP contribution in [0.2, 0.25) is 5.02 Å².